The predicted octanol–water partition coefficient (Wildman–Crippen LogP) is 3.16. The molecule has 0 aliphatic heterocycles. The van der Waals surface area contributed by atoms with E-state index in [0.717, 1.165) is 37.2 Å². The number of allylic oxidation sites excluding steroid dienone is 1. The highest BCUT2D eigenvalue weighted by molar-refractivity contribution is 5.99. The molecule has 0 unspecified atom stereocenters. The molecule has 3 nitrogen and oxygen atoms in total. The van der Waals surface area contributed by atoms with Gasteiger partial charge in [-0.25, -0.2) is 0 Å². The molecule has 0 aliphatic rings. The summed E-state index contributed by atoms with van der Waals surface area (Å²) in [5.74, 6) is 0.0654. The Labute approximate surface area is 109 Å². The Hall–Kier alpha value is -1.77. The van der Waals surface area contributed by atoms with Crippen LogP contribution in [0.5, 0.6) is 0 Å². The standard InChI is InChI=1S/C15H22N2O/c1-4-6-9-12-17(3)15(18)13-10-7-8-11-14(13)16-5-2/h4,7-8,10-11,16H,1,5-6,9,12H2,2-3H3. The molecule has 0 saturated heterocycles. The lowest BCUT2D eigenvalue weighted by Crippen LogP contribution is -2.28. The molecule has 0 bridgehead atoms. The number of carbonyl (C=O) groups excluding carboxylic acids is 1. The van der Waals surface area contributed by atoms with Gasteiger partial charge in [-0.2, -0.15) is 0 Å². The molecule has 0 aromatic heterocycles. The summed E-state index contributed by atoms with van der Waals surface area (Å²) >= 11 is 0. The summed E-state index contributed by atoms with van der Waals surface area (Å²) in [4.78, 5) is 14.1. The van der Waals surface area contributed by atoms with E-state index in [1.807, 2.05) is 44.3 Å². The highest BCUT2D eigenvalue weighted by atomic mass is 16.2. The third-order valence-corrected chi connectivity index (χ3v) is 2.77. The van der Waals surface area contributed by atoms with Gasteiger partial charge in [-0.05, 0) is 31.9 Å². The number of amides is 1. The van der Waals surface area contributed by atoms with Crippen molar-refractivity contribution in [3.05, 3.63) is 42.5 Å². The van der Waals surface area contributed by atoms with Gasteiger partial charge in [0.15, 0.2) is 0 Å². The van der Waals surface area contributed by atoms with Crippen LogP contribution in [0.1, 0.15) is 30.1 Å². The van der Waals surface area contributed by atoms with Crippen molar-refractivity contribution >= 4 is 11.6 Å². The number of hydrogen-bond donors (Lipinski definition) is 1. The zero-order chi connectivity index (χ0) is 13.4. The Balaban J connectivity index is 2.73. The van der Waals surface area contributed by atoms with Gasteiger partial charge in [0, 0.05) is 25.8 Å². The zero-order valence-corrected chi connectivity index (χ0v) is 11.3. The Kier molecular flexibility index (Phi) is 5.98. The van der Waals surface area contributed by atoms with E-state index in [4.69, 9.17) is 0 Å². The van der Waals surface area contributed by atoms with Crippen LogP contribution in [0.25, 0.3) is 0 Å². The number of anilines is 1. The van der Waals surface area contributed by atoms with Crippen LogP contribution in [-0.2, 0) is 0 Å². The summed E-state index contributed by atoms with van der Waals surface area (Å²) in [5, 5.41) is 3.22. The Morgan fingerprint density at radius 1 is 1.44 bits per heavy atom. The van der Waals surface area contributed by atoms with Gasteiger partial charge in [0.25, 0.3) is 5.91 Å². The number of rotatable bonds is 7. The monoisotopic (exact) mass is 246 g/mol. The van der Waals surface area contributed by atoms with Crippen LogP contribution in [0.15, 0.2) is 36.9 Å². The van der Waals surface area contributed by atoms with E-state index in [2.05, 4.69) is 11.9 Å². The Bertz CT molecular complexity index is 401. The average molecular weight is 246 g/mol. The van der Waals surface area contributed by atoms with Crippen molar-refractivity contribution < 1.29 is 4.79 Å². The minimum Gasteiger partial charge on any atom is -0.385 e. The number of nitrogens with zero attached hydrogens (tertiary/aromatic N) is 1. The van der Waals surface area contributed by atoms with E-state index >= 15 is 0 Å². The van der Waals surface area contributed by atoms with Crippen molar-refractivity contribution in [1.82, 2.24) is 4.90 Å². The van der Waals surface area contributed by atoms with Gasteiger partial charge in [0.1, 0.15) is 0 Å². The summed E-state index contributed by atoms with van der Waals surface area (Å²) in [7, 11) is 1.84. The predicted molar refractivity (Wildman–Crippen MR) is 77.0 cm³/mol. The third-order valence-electron chi connectivity index (χ3n) is 2.77. The van der Waals surface area contributed by atoms with E-state index in [-0.39, 0.29) is 5.91 Å². The van der Waals surface area contributed by atoms with E-state index in [0.29, 0.717) is 0 Å². The van der Waals surface area contributed by atoms with Gasteiger partial charge in [-0.3, -0.25) is 4.79 Å². The van der Waals surface area contributed by atoms with Crippen molar-refractivity contribution in [2.45, 2.75) is 19.8 Å². The van der Waals surface area contributed by atoms with Crippen LogP contribution in [0.4, 0.5) is 5.69 Å². The molecule has 1 aromatic carbocycles. The lowest BCUT2D eigenvalue weighted by molar-refractivity contribution is 0.0795. The fourth-order valence-corrected chi connectivity index (χ4v) is 1.79. The molecule has 0 spiro atoms. The highest BCUT2D eigenvalue weighted by Crippen LogP contribution is 2.16. The number of para-hydroxylation sites is 1. The summed E-state index contributed by atoms with van der Waals surface area (Å²) in [6.07, 6.45) is 3.77. The molecular weight excluding hydrogens is 224 g/mol. The normalized spacial score (nSPS) is 9.89. The molecule has 0 fully saturated rings. The maximum Gasteiger partial charge on any atom is 0.255 e. The molecule has 0 atom stereocenters. The molecule has 1 N–H and O–H groups in total. The van der Waals surface area contributed by atoms with Crippen molar-refractivity contribution in [3.63, 3.8) is 0 Å². The molecular formula is C15H22N2O. The van der Waals surface area contributed by atoms with Crippen LogP contribution in [0, 0.1) is 0 Å². The first-order valence-corrected chi connectivity index (χ1v) is 6.40. The first kappa shape index (κ1) is 14.3. The molecule has 3 heteroatoms. The fraction of sp³-hybridized carbons (Fsp3) is 0.400. The summed E-state index contributed by atoms with van der Waals surface area (Å²) < 4.78 is 0. The van der Waals surface area contributed by atoms with E-state index < -0.39 is 0 Å². The largest absolute Gasteiger partial charge is 0.385 e. The lowest BCUT2D eigenvalue weighted by Gasteiger charge is -2.19. The smallest absolute Gasteiger partial charge is 0.255 e. The van der Waals surface area contributed by atoms with Gasteiger partial charge >= 0.3 is 0 Å². The van der Waals surface area contributed by atoms with Crippen molar-refractivity contribution in [2.24, 2.45) is 0 Å². The second-order valence-corrected chi connectivity index (χ2v) is 4.23. The van der Waals surface area contributed by atoms with Crippen LogP contribution >= 0.6 is 0 Å². The van der Waals surface area contributed by atoms with Crippen LogP contribution in [0.2, 0.25) is 0 Å². The molecule has 0 radical (unpaired) electrons. The molecule has 1 aromatic rings. The molecule has 0 heterocycles. The topological polar surface area (TPSA) is 32.3 Å². The van der Waals surface area contributed by atoms with Crippen molar-refractivity contribution in [1.29, 1.82) is 0 Å². The molecule has 1 rings (SSSR count). The van der Waals surface area contributed by atoms with Gasteiger partial charge in [0.05, 0.1) is 5.56 Å². The minimum absolute atomic E-state index is 0.0654. The molecule has 1 amide bonds. The second-order valence-electron chi connectivity index (χ2n) is 4.23. The van der Waals surface area contributed by atoms with Crippen molar-refractivity contribution in [2.75, 3.05) is 25.5 Å². The zero-order valence-electron chi connectivity index (χ0n) is 11.3. The second kappa shape index (κ2) is 7.54. The first-order chi connectivity index (χ1) is 8.70. The van der Waals surface area contributed by atoms with Gasteiger partial charge < -0.3 is 10.2 Å². The minimum atomic E-state index is 0.0654. The first-order valence-electron chi connectivity index (χ1n) is 6.40. The number of unbranched alkanes of at least 4 members (excludes halogenated alkanes) is 1. The van der Waals surface area contributed by atoms with Crippen molar-refractivity contribution in [3.8, 4) is 0 Å². The SMILES string of the molecule is C=CCCCN(C)C(=O)c1ccccc1NCC. The Morgan fingerprint density at radius 2 is 2.17 bits per heavy atom. The third kappa shape index (κ3) is 3.91. The van der Waals surface area contributed by atoms with Crippen LogP contribution < -0.4 is 5.32 Å². The quantitative estimate of drug-likeness (QED) is 0.592. The molecule has 18 heavy (non-hydrogen) atoms. The average Bonchev–Trinajstić information content (AvgIpc) is 2.39. The van der Waals surface area contributed by atoms with Crippen LogP contribution in [-0.4, -0.2) is 30.9 Å². The molecule has 0 aliphatic carbocycles. The molecule has 98 valence electrons. The number of benzene rings is 1. The van der Waals surface area contributed by atoms with E-state index in [1.165, 1.54) is 0 Å². The summed E-state index contributed by atoms with van der Waals surface area (Å²) in [6, 6.07) is 7.64. The summed E-state index contributed by atoms with van der Waals surface area (Å²) in [6.45, 7) is 7.27. The van der Waals surface area contributed by atoms with E-state index in [1.54, 1.807) is 4.90 Å². The van der Waals surface area contributed by atoms with Crippen LogP contribution in [0.3, 0.4) is 0 Å². The molecule has 0 saturated carbocycles. The maximum absolute atomic E-state index is 12.3. The number of nitrogens with one attached hydrogen (secondary N) is 1. The lowest BCUT2D eigenvalue weighted by atomic mass is 10.1. The summed E-state index contributed by atoms with van der Waals surface area (Å²) in [5.41, 5.74) is 1.64. The van der Waals surface area contributed by atoms with Gasteiger partial charge in [-0.1, -0.05) is 18.2 Å². The van der Waals surface area contributed by atoms with E-state index in [9.17, 15) is 4.79 Å². The van der Waals surface area contributed by atoms with Gasteiger partial charge in [-0.15, -0.1) is 6.58 Å². The van der Waals surface area contributed by atoms with Gasteiger partial charge in [0.2, 0.25) is 0 Å². The Morgan fingerprint density at radius 3 is 2.83 bits per heavy atom. The number of carbonyl (C=O) groups is 1. The highest BCUT2D eigenvalue weighted by Gasteiger charge is 2.14. The maximum atomic E-state index is 12.3. The fourth-order valence-electron chi connectivity index (χ4n) is 1.79. The number of hydrogen-bond acceptors (Lipinski definition) is 2.